The molecule has 3 aromatic heterocycles. The van der Waals surface area contributed by atoms with Gasteiger partial charge in [0, 0.05) is 35.6 Å². The van der Waals surface area contributed by atoms with Crippen LogP contribution in [0.5, 0.6) is 0 Å². The Kier molecular flexibility index (Phi) is 4.06. The lowest BCUT2D eigenvalue weighted by atomic mass is 10.1. The molecule has 2 unspecified atom stereocenters. The Labute approximate surface area is 142 Å². The summed E-state index contributed by atoms with van der Waals surface area (Å²) in [5.41, 5.74) is 1.43. The highest BCUT2D eigenvalue weighted by Crippen LogP contribution is 2.23. The van der Waals surface area contributed by atoms with Crippen molar-refractivity contribution < 1.29 is 4.74 Å². The number of aromatic nitrogens is 4. The quantitative estimate of drug-likeness (QED) is 0.779. The van der Waals surface area contributed by atoms with Crippen LogP contribution in [-0.2, 0) is 4.74 Å². The van der Waals surface area contributed by atoms with E-state index in [2.05, 4.69) is 20.4 Å². The molecule has 122 valence electrons. The van der Waals surface area contributed by atoms with Crippen LogP contribution in [0.3, 0.4) is 0 Å². The first-order valence-electron chi connectivity index (χ1n) is 7.55. The second-order valence-corrected chi connectivity index (χ2v) is 6.33. The zero-order valence-electron chi connectivity index (χ0n) is 12.7. The highest BCUT2D eigenvalue weighted by Gasteiger charge is 2.32. The highest BCUT2D eigenvalue weighted by molar-refractivity contribution is 7.13. The summed E-state index contributed by atoms with van der Waals surface area (Å²) in [5.74, 6) is 0. The van der Waals surface area contributed by atoms with Gasteiger partial charge in [-0.1, -0.05) is 0 Å². The summed E-state index contributed by atoms with van der Waals surface area (Å²) < 4.78 is 7.08. The topological polar surface area (TPSA) is 81.9 Å². The SMILES string of the molecule is O=c1ccc(-c2cccnc2)nn1C1COCC1Nc1nccs1. The Hall–Kier alpha value is -2.58. The van der Waals surface area contributed by atoms with Crippen molar-refractivity contribution in [2.24, 2.45) is 0 Å². The molecule has 0 amide bonds. The fourth-order valence-electron chi connectivity index (χ4n) is 2.71. The number of nitrogens with one attached hydrogen (secondary N) is 1. The number of hydrogen-bond acceptors (Lipinski definition) is 7. The number of anilines is 1. The van der Waals surface area contributed by atoms with Gasteiger partial charge >= 0.3 is 0 Å². The van der Waals surface area contributed by atoms with Crippen molar-refractivity contribution in [3.63, 3.8) is 0 Å². The van der Waals surface area contributed by atoms with Gasteiger partial charge in [-0.2, -0.15) is 5.10 Å². The van der Waals surface area contributed by atoms with Crippen molar-refractivity contribution in [2.45, 2.75) is 12.1 Å². The predicted molar refractivity (Wildman–Crippen MR) is 91.1 cm³/mol. The van der Waals surface area contributed by atoms with Gasteiger partial charge in [0.1, 0.15) is 6.04 Å². The number of pyridine rings is 1. The van der Waals surface area contributed by atoms with Gasteiger partial charge in [-0.05, 0) is 18.2 Å². The molecule has 7 nitrogen and oxygen atoms in total. The molecule has 1 N–H and O–H groups in total. The van der Waals surface area contributed by atoms with Crippen molar-refractivity contribution in [3.8, 4) is 11.3 Å². The Morgan fingerprint density at radius 3 is 3.00 bits per heavy atom. The van der Waals surface area contributed by atoms with E-state index >= 15 is 0 Å². The van der Waals surface area contributed by atoms with Crippen LogP contribution in [-0.4, -0.2) is 39.0 Å². The molecule has 4 rings (SSSR count). The first-order chi connectivity index (χ1) is 11.8. The molecule has 24 heavy (non-hydrogen) atoms. The summed E-state index contributed by atoms with van der Waals surface area (Å²) in [7, 11) is 0. The monoisotopic (exact) mass is 341 g/mol. The van der Waals surface area contributed by atoms with E-state index in [4.69, 9.17) is 4.74 Å². The van der Waals surface area contributed by atoms with Crippen LogP contribution in [0.25, 0.3) is 11.3 Å². The molecule has 0 aromatic carbocycles. The standard InChI is InChI=1S/C16H15N5O2S/c22-15-4-3-12(11-2-1-5-17-8-11)20-21(15)14-10-23-9-13(14)19-16-18-6-7-24-16/h1-8,13-14H,9-10H2,(H,18,19). The first kappa shape index (κ1) is 15.0. The van der Waals surface area contributed by atoms with Gasteiger partial charge in [-0.15, -0.1) is 11.3 Å². The minimum atomic E-state index is -0.182. The lowest BCUT2D eigenvalue weighted by Gasteiger charge is -2.20. The number of thiazole rings is 1. The van der Waals surface area contributed by atoms with Crippen molar-refractivity contribution >= 4 is 16.5 Å². The minimum absolute atomic E-state index is 0.0505. The predicted octanol–water partition coefficient (Wildman–Crippen LogP) is 1.81. The van der Waals surface area contributed by atoms with E-state index in [0.29, 0.717) is 18.9 Å². The lowest BCUT2D eigenvalue weighted by Crippen LogP contribution is -2.37. The average molecular weight is 341 g/mol. The van der Waals surface area contributed by atoms with E-state index in [-0.39, 0.29) is 17.6 Å². The molecule has 0 saturated carbocycles. The molecule has 1 aliphatic heterocycles. The third kappa shape index (κ3) is 2.93. The van der Waals surface area contributed by atoms with E-state index in [1.165, 1.54) is 22.1 Å². The number of rotatable bonds is 4. The molecular formula is C16H15N5O2S. The average Bonchev–Trinajstić information content (AvgIpc) is 3.29. The molecular weight excluding hydrogens is 326 g/mol. The molecule has 1 fully saturated rings. The molecule has 0 bridgehead atoms. The molecule has 8 heteroatoms. The highest BCUT2D eigenvalue weighted by atomic mass is 32.1. The van der Waals surface area contributed by atoms with Gasteiger partial charge in [0.25, 0.3) is 5.56 Å². The van der Waals surface area contributed by atoms with Gasteiger partial charge in [0.2, 0.25) is 0 Å². The second-order valence-electron chi connectivity index (χ2n) is 5.44. The molecule has 0 spiro atoms. The molecule has 2 atom stereocenters. The Morgan fingerprint density at radius 2 is 2.21 bits per heavy atom. The maximum atomic E-state index is 12.3. The molecule has 3 aromatic rings. The first-order valence-corrected chi connectivity index (χ1v) is 8.43. The van der Waals surface area contributed by atoms with Crippen LogP contribution in [0, 0.1) is 0 Å². The number of hydrogen-bond donors (Lipinski definition) is 1. The van der Waals surface area contributed by atoms with Crippen molar-refractivity contribution in [1.82, 2.24) is 19.7 Å². The maximum Gasteiger partial charge on any atom is 0.267 e. The third-order valence-corrected chi connectivity index (χ3v) is 4.59. The van der Waals surface area contributed by atoms with Crippen LogP contribution in [0.2, 0.25) is 0 Å². The van der Waals surface area contributed by atoms with Gasteiger partial charge in [0.15, 0.2) is 5.13 Å². The summed E-state index contributed by atoms with van der Waals surface area (Å²) in [6.45, 7) is 0.946. The summed E-state index contributed by atoms with van der Waals surface area (Å²) in [6.07, 6.45) is 5.18. The van der Waals surface area contributed by atoms with Crippen molar-refractivity contribution in [3.05, 3.63) is 58.6 Å². The zero-order chi connectivity index (χ0) is 16.4. The fourth-order valence-corrected chi connectivity index (χ4v) is 3.30. The zero-order valence-corrected chi connectivity index (χ0v) is 13.5. The van der Waals surface area contributed by atoms with Crippen LogP contribution in [0.15, 0.2) is 53.0 Å². The Morgan fingerprint density at radius 1 is 1.25 bits per heavy atom. The van der Waals surface area contributed by atoms with Crippen LogP contribution in [0.4, 0.5) is 5.13 Å². The van der Waals surface area contributed by atoms with E-state index in [0.717, 1.165) is 10.7 Å². The van der Waals surface area contributed by atoms with Gasteiger partial charge in [0.05, 0.1) is 24.9 Å². The van der Waals surface area contributed by atoms with Crippen LogP contribution in [0.1, 0.15) is 6.04 Å². The van der Waals surface area contributed by atoms with Gasteiger partial charge < -0.3 is 10.1 Å². The normalized spacial score (nSPS) is 20.2. The summed E-state index contributed by atoms with van der Waals surface area (Å²) in [6, 6.07) is 6.78. The molecule has 4 heterocycles. The lowest BCUT2D eigenvalue weighted by molar-refractivity contribution is 0.183. The number of nitrogens with zero attached hydrogens (tertiary/aromatic N) is 4. The largest absolute Gasteiger partial charge is 0.377 e. The minimum Gasteiger partial charge on any atom is -0.377 e. The molecule has 0 aliphatic carbocycles. The van der Waals surface area contributed by atoms with E-state index in [9.17, 15) is 4.79 Å². The molecule has 0 radical (unpaired) electrons. The maximum absolute atomic E-state index is 12.3. The van der Waals surface area contributed by atoms with Gasteiger partial charge in [-0.25, -0.2) is 9.67 Å². The fraction of sp³-hybridized carbons (Fsp3) is 0.250. The van der Waals surface area contributed by atoms with Crippen molar-refractivity contribution in [1.29, 1.82) is 0 Å². The van der Waals surface area contributed by atoms with E-state index < -0.39 is 0 Å². The number of ether oxygens (including phenoxy) is 1. The summed E-state index contributed by atoms with van der Waals surface area (Å²) in [4.78, 5) is 20.7. The molecule has 1 aliphatic rings. The Balaban J connectivity index is 1.66. The van der Waals surface area contributed by atoms with E-state index in [1.807, 2.05) is 17.5 Å². The third-order valence-electron chi connectivity index (χ3n) is 3.89. The summed E-state index contributed by atoms with van der Waals surface area (Å²) in [5, 5.41) is 10.6. The second kappa shape index (κ2) is 6.50. The van der Waals surface area contributed by atoms with E-state index in [1.54, 1.807) is 24.7 Å². The summed E-state index contributed by atoms with van der Waals surface area (Å²) >= 11 is 1.52. The Bertz CT molecular complexity index is 866. The molecule has 1 saturated heterocycles. The van der Waals surface area contributed by atoms with Gasteiger partial charge in [-0.3, -0.25) is 9.78 Å². The van der Waals surface area contributed by atoms with Crippen LogP contribution < -0.4 is 10.9 Å². The van der Waals surface area contributed by atoms with Crippen molar-refractivity contribution in [2.75, 3.05) is 18.5 Å². The smallest absolute Gasteiger partial charge is 0.267 e. The van der Waals surface area contributed by atoms with Crippen LogP contribution >= 0.6 is 11.3 Å².